The number of rotatable bonds is 6. The van der Waals surface area contributed by atoms with Crippen molar-refractivity contribution < 1.29 is 22.5 Å². The lowest BCUT2D eigenvalue weighted by Crippen LogP contribution is -2.41. The van der Waals surface area contributed by atoms with Crippen LogP contribution in [0.1, 0.15) is 32.8 Å². The minimum Gasteiger partial charge on any atom is -0.444 e. The monoisotopic (exact) mass is 329 g/mol. The van der Waals surface area contributed by atoms with Crippen LogP contribution in [0.5, 0.6) is 0 Å². The van der Waals surface area contributed by atoms with Gasteiger partial charge in [0.15, 0.2) is 0 Å². The zero-order valence-electron chi connectivity index (χ0n) is 13.1. The molecule has 22 heavy (non-hydrogen) atoms. The summed E-state index contributed by atoms with van der Waals surface area (Å²) in [6.45, 7) is 5.24. The average Bonchev–Trinajstić information content (AvgIpc) is 2.34. The topological polar surface area (TPSA) is 92.7 Å². The van der Waals surface area contributed by atoms with Crippen molar-refractivity contribution in [1.82, 2.24) is 5.32 Å². The van der Waals surface area contributed by atoms with Crippen molar-refractivity contribution in [3.8, 4) is 0 Å². The number of benzene rings is 1. The van der Waals surface area contributed by atoms with Crippen molar-refractivity contribution in [1.29, 1.82) is 0 Å². The van der Waals surface area contributed by atoms with Gasteiger partial charge in [-0.2, -0.15) is 8.42 Å². The number of amides is 1. The van der Waals surface area contributed by atoms with Gasteiger partial charge in [-0.1, -0.05) is 30.3 Å². The molecule has 0 saturated carbocycles. The highest BCUT2D eigenvalue weighted by molar-refractivity contribution is 7.85. The second-order valence-electron chi connectivity index (χ2n) is 6.11. The van der Waals surface area contributed by atoms with Gasteiger partial charge in [0.05, 0.1) is 5.75 Å². The van der Waals surface area contributed by atoms with Crippen molar-refractivity contribution in [2.24, 2.45) is 0 Å². The number of carbonyl (C=O) groups is 1. The van der Waals surface area contributed by atoms with E-state index in [1.807, 2.05) is 30.3 Å². The van der Waals surface area contributed by atoms with Gasteiger partial charge >= 0.3 is 6.09 Å². The molecule has 0 heterocycles. The van der Waals surface area contributed by atoms with E-state index >= 15 is 0 Å². The van der Waals surface area contributed by atoms with Crippen molar-refractivity contribution in [3.63, 3.8) is 0 Å². The Bertz CT molecular complexity index is 578. The van der Waals surface area contributed by atoms with Crippen LogP contribution in [-0.4, -0.2) is 36.5 Å². The molecule has 1 amide bonds. The van der Waals surface area contributed by atoms with E-state index in [-0.39, 0.29) is 6.42 Å². The summed E-state index contributed by atoms with van der Waals surface area (Å²) in [5, 5.41) is 2.66. The summed E-state index contributed by atoms with van der Waals surface area (Å²) in [4.78, 5) is 11.8. The highest BCUT2D eigenvalue weighted by Gasteiger charge is 2.21. The molecule has 1 atom stereocenters. The summed E-state index contributed by atoms with van der Waals surface area (Å²) in [6.07, 6.45) is -0.0495. The first kappa shape index (κ1) is 18.4. The third-order valence-electron chi connectivity index (χ3n) is 2.77. The van der Waals surface area contributed by atoms with Crippen molar-refractivity contribution in [3.05, 3.63) is 35.9 Å². The van der Waals surface area contributed by atoms with E-state index in [0.29, 0.717) is 6.42 Å². The van der Waals surface area contributed by atoms with Gasteiger partial charge in [0.2, 0.25) is 0 Å². The molecule has 2 N–H and O–H groups in total. The Kier molecular flexibility index (Phi) is 6.37. The maximum absolute atomic E-state index is 11.8. The normalized spacial score (nSPS) is 13.5. The van der Waals surface area contributed by atoms with E-state index in [1.54, 1.807) is 20.8 Å². The molecule has 1 aromatic carbocycles. The lowest BCUT2D eigenvalue weighted by molar-refractivity contribution is 0.0503. The first-order valence-corrected chi connectivity index (χ1v) is 8.65. The van der Waals surface area contributed by atoms with Gasteiger partial charge in [-0.25, -0.2) is 4.79 Å². The molecule has 0 saturated heterocycles. The van der Waals surface area contributed by atoms with Crippen LogP contribution in [0, 0.1) is 0 Å². The highest BCUT2D eigenvalue weighted by Crippen LogP contribution is 2.10. The van der Waals surface area contributed by atoms with Crippen LogP contribution in [0.3, 0.4) is 0 Å². The van der Waals surface area contributed by atoms with E-state index in [4.69, 9.17) is 9.29 Å². The lowest BCUT2D eigenvalue weighted by atomic mass is 10.0. The van der Waals surface area contributed by atoms with Gasteiger partial charge in [-0.3, -0.25) is 4.55 Å². The molecule has 0 aliphatic carbocycles. The summed E-state index contributed by atoms with van der Waals surface area (Å²) >= 11 is 0. The molecule has 1 rings (SSSR count). The molecule has 0 aromatic heterocycles. The Morgan fingerprint density at radius 2 is 1.86 bits per heavy atom. The Morgan fingerprint density at radius 3 is 2.36 bits per heavy atom. The smallest absolute Gasteiger partial charge is 0.407 e. The number of hydrogen-bond donors (Lipinski definition) is 2. The summed E-state index contributed by atoms with van der Waals surface area (Å²) in [6, 6.07) is 8.93. The summed E-state index contributed by atoms with van der Waals surface area (Å²) < 4.78 is 35.9. The van der Waals surface area contributed by atoms with Crippen LogP contribution in [0.15, 0.2) is 30.3 Å². The van der Waals surface area contributed by atoms with Gasteiger partial charge in [-0.15, -0.1) is 0 Å². The molecule has 0 aliphatic rings. The van der Waals surface area contributed by atoms with Crippen molar-refractivity contribution in [2.75, 3.05) is 5.75 Å². The van der Waals surface area contributed by atoms with Crippen molar-refractivity contribution >= 4 is 16.2 Å². The fraction of sp³-hybridized carbons (Fsp3) is 0.533. The Labute approximate surface area is 131 Å². The van der Waals surface area contributed by atoms with Crippen LogP contribution in [0.2, 0.25) is 0 Å². The van der Waals surface area contributed by atoms with E-state index in [2.05, 4.69) is 5.32 Å². The molecule has 1 unspecified atom stereocenters. The molecule has 1 aromatic rings. The standard InChI is InChI=1S/C15H23NO5S/c1-15(2,3)21-14(17)16-13(9-10-22(18,19)20)11-12-7-5-4-6-8-12/h4-8,13H,9-11H2,1-3H3,(H,16,17)(H,18,19,20). The van der Waals surface area contributed by atoms with Crippen LogP contribution >= 0.6 is 0 Å². The Morgan fingerprint density at radius 1 is 1.27 bits per heavy atom. The quantitative estimate of drug-likeness (QED) is 0.782. The van der Waals surface area contributed by atoms with Crippen molar-refractivity contribution in [2.45, 2.75) is 45.3 Å². The number of ether oxygens (including phenoxy) is 1. The van der Waals surface area contributed by atoms with E-state index in [0.717, 1.165) is 5.56 Å². The second-order valence-corrected chi connectivity index (χ2v) is 7.68. The number of hydrogen-bond acceptors (Lipinski definition) is 4. The molecular weight excluding hydrogens is 306 g/mol. The van der Waals surface area contributed by atoms with E-state index in [9.17, 15) is 13.2 Å². The third kappa shape index (κ3) is 8.63. The van der Waals surface area contributed by atoms with Crippen LogP contribution < -0.4 is 5.32 Å². The van der Waals surface area contributed by atoms with E-state index < -0.39 is 33.6 Å². The zero-order chi connectivity index (χ0) is 16.8. The predicted molar refractivity (Wildman–Crippen MR) is 84.3 cm³/mol. The largest absolute Gasteiger partial charge is 0.444 e. The maximum Gasteiger partial charge on any atom is 0.407 e. The minimum absolute atomic E-state index is 0.104. The van der Waals surface area contributed by atoms with Gasteiger partial charge in [0.25, 0.3) is 10.1 Å². The molecule has 0 aliphatic heterocycles. The van der Waals surface area contributed by atoms with Gasteiger partial charge < -0.3 is 10.1 Å². The Hall–Kier alpha value is -1.60. The fourth-order valence-corrected chi connectivity index (χ4v) is 2.47. The number of alkyl carbamates (subject to hydrolysis) is 1. The molecule has 0 bridgehead atoms. The van der Waals surface area contributed by atoms with Gasteiger partial charge in [-0.05, 0) is 39.2 Å². The number of carbonyl (C=O) groups excluding carboxylic acids is 1. The first-order chi connectivity index (χ1) is 10.1. The van der Waals surface area contributed by atoms with Crippen LogP contribution in [-0.2, 0) is 21.3 Å². The maximum atomic E-state index is 11.8. The van der Waals surface area contributed by atoms with Crippen LogP contribution in [0.25, 0.3) is 0 Å². The van der Waals surface area contributed by atoms with E-state index in [1.165, 1.54) is 0 Å². The van der Waals surface area contributed by atoms with Gasteiger partial charge in [0, 0.05) is 6.04 Å². The molecule has 7 heteroatoms. The van der Waals surface area contributed by atoms with Gasteiger partial charge in [0.1, 0.15) is 5.60 Å². The third-order valence-corrected chi connectivity index (χ3v) is 3.52. The Balaban J connectivity index is 2.71. The second kappa shape index (κ2) is 7.60. The van der Waals surface area contributed by atoms with Crippen LogP contribution in [0.4, 0.5) is 4.79 Å². The SMILES string of the molecule is CC(C)(C)OC(=O)NC(CCS(=O)(=O)O)Cc1ccccc1. The number of nitrogens with one attached hydrogen (secondary N) is 1. The lowest BCUT2D eigenvalue weighted by Gasteiger charge is -2.23. The highest BCUT2D eigenvalue weighted by atomic mass is 32.2. The molecule has 0 spiro atoms. The molecular formula is C15H23NO5S. The first-order valence-electron chi connectivity index (χ1n) is 7.04. The minimum atomic E-state index is -4.07. The summed E-state index contributed by atoms with van der Waals surface area (Å²) in [5.74, 6) is -0.416. The molecule has 124 valence electrons. The molecule has 6 nitrogen and oxygen atoms in total. The zero-order valence-corrected chi connectivity index (χ0v) is 13.9. The molecule has 0 fully saturated rings. The molecule has 0 radical (unpaired) electrons. The fourth-order valence-electron chi connectivity index (χ4n) is 1.89. The summed E-state index contributed by atoms with van der Waals surface area (Å²) in [7, 11) is -4.07. The predicted octanol–water partition coefficient (Wildman–Crippen LogP) is 2.40. The summed E-state index contributed by atoms with van der Waals surface area (Å²) in [5.41, 5.74) is 0.323. The average molecular weight is 329 g/mol.